The smallest absolute Gasteiger partial charge is 0.166 e. The molecule has 0 spiro atoms. The summed E-state index contributed by atoms with van der Waals surface area (Å²) in [6, 6.07) is 22.2. The van der Waals surface area contributed by atoms with E-state index in [2.05, 4.69) is 34.7 Å². The molecule has 30 heavy (non-hydrogen) atoms. The maximum Gasteiger partial charge on any atom is 0.166 e. The van der Waals surface area contributed by atoms with E-state index >= 15 is 0 Å². The van der Waals surface area contributed by atoms with Crippen LogP contribution in [-0.2, 0) is 19.6 Å². The van der Waals surface area contributed by atoms with Crippen LogP contribution in [0.15, 0.2) is 72.9 Å². The summed E-state index contributed by atoms with van der Waals surface area (Å²) < 4.78 is 11.7. The molecular weight excluding hydrogens is 396 g/mol. The van der Waals surface area contributed by atoms with Gasteiger partial charge in [-0.2, -0.15) is 0 Å². The number of aromatic nitrogens is 1. The summed E-state index contributed by atoms with van der Waals surface area (Å²) >= 11 is 6.31. The van der Waals surface area contributed by atoms with Crippen LogP contribution in [-0.4, -0.2) is 18.6 Å². The summed E-state index contributed by atoms with van der Waals surface area (Å²) in [5.74, 6) is 1.37. The zero-order chi connectivity index (χ0) is 20.8. The third-order valence-electron chi connectivity index (χ3n) is 5.10. The van der Waals surface area contributed by atoms with Crippen LogP contribution in [0.4, 0.5) is 0 Å². The largest absolute Gasteiger partial charge is 0.493 e. The molecule has 5 heteroatoms. The van der Waals surface area contributed by atoms with Gasteiger partial charge in [0.05, 0.1) is 7.11 Å². The summed E-state index contributed by atoms with van der Waals surface area (Å²) in [6.07, 6.45) is 3.02. The van der Waals surface area contributed by atoms with Crippen molar-refractivity contribution in [2.45, 2.75) is 19.6 Å². The highest BCUT2D eigenvalue weighted by atomic mass is 35.5. The van der Waals surface area contributed by atoms with E-state index < -0.39 is 0 Å². The van der Waals surface area contributed by atoms with Gasteiger partial charge >= 0.3 is 0 Å². The van der Waals surface area contributed by atoms with Gasteiger partial charge in [0.1, 0.15) is 6.61 Å². The number of halogens is 1. The standard InChI is InChI=1S/C25H25ClN2O2/c1-29-24-14-21(26)13-20(25(24)30-17-18-7-3-2-4-8-18)15-27-12-11-19-16-28-23-10-6-5-9-22(19)23/h2-10,13-14,16,27-28H,11-12,15,17H2,1H3. The molecule has 4 aromatic rings. The fourth-order valence-corrected chi connectivity index (χ4v) is 3.81. The number of rotatable bonds is 9. The Bertz CT molecular complexity index is 1110. The molecule has 3 aromatic carbocycles. The van der Waals surface area contributed by atoms with Gasteiger partial charge < -0.3 is 19.8 Å². The number of aromatic amines is 1. The molecule has 0 saturated carbocycles. The van der Waals surface area contributed by atoms with Crippen molar-refractivity contribution in [2.24, 2.45) is 0 Å². The van der Waals surface area contributed by atoms with Crippen LogP contribution in [0.3, 0.4) is 0 Å². The van der Waals surface area contributed by atoms with Crippen molar-refractivity contribution in [3.05, 3.63) is 94.6 Å². The minimum Gasteiger partial charge on any atom is -0.493 e. The molecule has 1 aromatic heterocycles. The number of fused-ring (bicyclic) bond motifs is 1. The zero-order valence-electron chi connectivity index (χ0n) is 17.0. The Morgan fingerprint density at radius 2 is 1.77 bits per heavy atom. The average molecular weight is 421 g/mol. The molecule has 0 aliphatic carbocycles. The number of para-hydroxylation sites is 1. The van der Waals surface area contributed by atoms with Gasteiger partial charge in [-0.15, -0.1) is 0 Å². The number of H-pyrrole nitrogens is 1. The van der Waals surface area contributed by atoms with Crippen molar-refractivity contribution >= 4 is 22.5 Å². The quantitative estimate of drug-likeness (QED) is 0.339. The van der Waals surface area contributed by atoms with E-state index in [-0.39, 0.29) is 0 Å². The number of methoxy groups -OCH3 is 1. The van der Waals surface area contributed by atoms with Crippen molar-refractivity contribution in [1.29, 1.82) is 0 Å². The van der Waals surface area contributed by atoms with Gasteiger partial charge in [-0.25, -0.2) is 0 Å². The topological polar surface area (TPSA) is 46.3 Å². The number of nitrogens with one attached hydrogen (secondary N) is 2. The van der Waals surface area contributed by atoms with E-state index in [1.165, 1.54) is 16.5 Å². The second kappa shape index (κ2) is 9.70. The van der Waals surface area contributed by atoms with Gasteiger partial charge in [0.2, 0.25) is 0 Å². The Morgan fingerprint density at radius 3 is 2.60 bits per heavy atom. The zero-order valence-corrected chi connectivity index (χ0v) is 17.7. The Kier molecular flexibility index (Phi) is 6.57. The van der Waals surface area contributed by atoms with Crippen molar-refractivity contribution in [2.75, 3.05) is 13.7 Å². The molecule has 0 aliphatic heterocycles. The molecule has 154 valence electrons. The lowest BCUT2D eigenvalue weighted by atomic mass is 10.1. The number of ether oxygens (including phenoxy) is 2. The van der Waals surface area contributed by atoms with E-state index in [9.17, 15) is 0 Å². The first-order valence-electron chi connectivity index (χ1n) is 10.0. The lowest BCUT2D eigenvalue weighted by molar-refractivity contribution is 0.280. The Hall–Kier alpha value is -2.95. The highest BCUT2D eigenvalue weighted by Gasteiger charge is 2.13. The maximum atomic E-state index is 6.31. The van der Waals surface area contributed by atoms with Crippen molar-refractivity contribution in [3.63, 3.8) is 0 Å². The van der Waals surface area contributed by atoms with Gasteiger partial charge in [-0.3, -0.25) is 0 Å². The molecule has 1 heterocycles. The molecule has 0 radical (unpaired) electrons. The molecule has 0 saturated heterocycles. The first-order valence-corrected chi connectivity index (χ1v) is 10.4. The highest BCUT2D eigenvalue weighted by Crippen LogP contribution is 2.35. The minimum atomic E-state index is 0.473. The van der Waals surface area contributed by atoms with Crippen LogP contribution in [0.2, 0.25) is 5.02 Å². The van der Waals surface area contributed by atoms with Crippen molar-refractivity contribution < 1.29 is 9.47 Å². The average Bonchev–Trinajstić information content (AvgIpc) is 3.19. The van der Waals surface area contributed by atoms with Crippen molar-refractivity contribution in [1.82, 2.24) is 10.3 Å². The SMILES string of the molecule is COc1cc(Cl)cc(CNCCc2c[nH]c3ccccc23)c1OCc1ccccc1. The van der Waals surface area contributed by atoms with Gasteiger partial charge in [-0.05, 0) is 36.2 Å². The maximum absolute atomic E-state index is 6.31. The number of hydrogen-bond donors (Lipinski definition) is 2. The van der Waals surface area contributed by atoms with E-state index in [0.717, 1.165) is 29.8 Å². The third-order valence-corrected chi connectivity index (χ3v) is 5.32. The highest BCUT2D eigenvalue weighted by molar-refractivity contribution is 6.30. The van der Waals surface area contributed by atoms with Crippen LogP contribution in [0.5, 0.6) is 11.5 Å². The second-order valence-electron chi connectivity index (χ2n) is 7.16. The normalized spacial score (nSPS) is 11.0. The van der Waals surface area contributed by atoms with Crippen LogP contribution < -0.4 is 14.8 Å². The minimum absolute atomic E-state index is 0.473. The van der Waals surface area contributed by atoms with Crippen molar-refractivity contribution in [3.8, 4) is 11.5 Å². The van der Waals surface area contributed by atoms with Crippen LogP contribution >= 0.6 is 11.6 Å². The van der Waals surface area contributed by atoms with E-state index in [0.29, 0.717) is 23.9 Å². The summed E-state index contributed by atoms with van der Waals surface area (Å²) in [6.45, 7) is 1.96. The Morgan fingerprint density at radius 1 is 0.967 bits per heavy atom. The molecule has 0 amide bonds. The summed E-state index contributed by atoms with van der Waals surface area (Å²) in [4.78, 5) is 3.33. The van der Waals surface area contributed by atoms with Gasteiger partial charge in [0.25, 0.3) is 0 Å². The predicted octanol–water partition coefficient (Wildman–Crippen LogP) is 5.74. The van der Waals surface area contributed by atoms with Crippen LogP contribution in [0.25, 0.3) is 10.9 Å². The lowest BCUT2D eigenvalue weighted by Gasteiger charge is -2.16. The molecule has 0 fully saturated rings. The fourth-order valence-electron chi connectivity index (χ4n) is 3.58. The molecular formula is C25H25ClN2O2. The first kappa shape index (κ1) is 20.3. The molecule has 0 aliphatic rings. The third kappa shape index (κ3) is 4.78. The number of hydrogen-bond acceptors (Lipinski definition) is 3. The van der Waals surface area contributed by atoms with Gasteiger partial charge in [0.15, 0.2) is 11.5 Å². The fraction of sp³-hybridized carbons (Fsp3) is 0.200. The van der Waals surface area contributed by atoms with Gasteiger partial charge in [0, 0.05) is 40.3 Å². The molecule has 0 bridgehead atoms. The molecule has 4 nitrogen and oxygen atoms in total. The summed E-state index contributed by atoms with van der Waals surface area (Å²) in [5, 5.41) is 5.42. The summed E-state index contributed by atoms with van der Waals surface area (Å²) in [7, 11) is 1.63. The Balaban J connectivity index is 1.42. The molecule has 0 unspecified atom stereocenters. The lowest BCUT2D eigenvalue weighted by Crippen LogP contribution is -2.17. The molecule has 0 atom stereocenters. The first-order chi connectivity index (χ1) is 14.7. The molecule has 2 N–H and O–H groups in total. The van der Waals surface area contributed by atoms with E-state index in [1.807, 2.05) is 42.5 Å². The van der Waals surface area contributed by atoms with E-state index in [1.54, 1.807) is 13.2 Å². The summed E-state index contributed by atoms with van der Waals surface area (Å²) in [5.41, 5.74) is 4.56. The van der Waals surface area contributed by atoms with Crippen LogP contribution in [0, 0.1) is 0 Å². The van der Waals surface area contributed by atoms with E-state index in [4.69, 9.17) is 21.1 Å². The number of benzene rings is 3. The monoisotopic (exact) mass is 420 g/mol. The predicted molar refractivity (Wildman–Crippen MR) is 122 cm³/mol. The van der Waals surface area contributed by atoms with Gasteiger partial charge in [-0.1, -0.05) is 60.1 Å². The Labute approximate surface area is 181 Å². The molecule has 4 rings (SSSR count). The second-order valence-corrected chi connectivity index (χ2v) is 7.59. The van der Waals surface area contributed by atoms with Crippen LogP contribution in [0.1, 0.15) is 16.7 Å².